The van der Waals surface area contributed by atoms with E-state index in [2.05, 4.69) is 49.4 Å². The monoisotopic (exact) mass is 335 g/mol. The summed E-state index contributed by atoms with van der Waals surface area (Å²) in [6.07, 6.45) is 1.69. The first-order valence-electron chi connectivity index (χ1n) is 5.13. The molecule has 1 aliphatic heterocycles. The minimum absolute atomic E-state index is 0.891. The van der Waals surface area contributed by atoms with Crippen molar-refractivity contribution >= 4 is 39.2 Å². The summed E-state index contributed by atoms with van der Waals surface area (Å²) in [6.45, 7) is 1.96. The quantitative estimate of drug-likeness (QED) is 0.753. The number of hydrogen-bond acceptors (Lipinski definition) is 3. The molecule has 17 heavy (non-hydrogen) atoms. The van der Waals surface area contributed by atoms with Crippen molar-refractivity contribution in [2.24, 2.45) is 5.10 Å². The van der Waals surface area contributed by atoms with Crippen LogP contribution in [0.3, 0.4) is 0 Å². The highest BCUT2D eigenvalue weighted by atomic mass is 127. The van der Waals surface area contributed by atoms with Gasteiger partial charge in [-0.3, -0.25) is 0 Å². The van der Waals surface area contributed by atoms with Crippen LogP contribution in [-0.2, 0) is 0 Å². The Morgan fingerprint density at radius 3 is 2.82 bits per heavy atom. The van der Waals surface area contributed by atoms with Crippen LogP contribution in [0.4, 0.5) is 0 Å². The van der Waals surface area contributed by atoms with Crippen LogP contribution in [0.2, 0.25) is 0 Å². The minimum atomic E-state index is 0.891. The molecule has 1 aromatic carbocycles. The second-order valence-electron chi connectivity index (χ2n) is 3.75. The van der Waals surface area contributed by atoms with Crippen LogP contribution < -0.4 is 5.43 Å². The van der Waals surface area contributed by atoms with E-state index in [0.717, 1.165) is 31.5 Å². The van der Waals surface area contributed by atoms with Gasteiger partial charge in [-0.15, -0.1) is 5.10 Å². The van der Waals surface area contributed by atoms with Crippen molar-refractivity contribution in [3.05, 3.63) is 45.3 Å². The van der Waals surface area contributed by atoms with Crippen molar-refractivity contribution in [2.75, 3.05) is 0 Å². The van der Waals surface area contributed by atoms with E-state index in [-0.39, 0.29) is 0 Å². The molecule has 0 spiro atoms. The Morgan fingerprint density at radius 2 is 2.06 bits per heavy atom. The summed E-state index contributed by atoms with van der Waals surface area (Å²) in [5.41, 5.74) is 7.94. The first-order chi connectivity index (χ1) is 8.25. The van der Waals surface area contributed by atoms with Gasteiger partial charge < -0.3 is 0 Å². The molecule has 0 bridgehead atoms. The van der Waals surface area contributed by atoms with Crippen LogP contribution in [0.15, 0.2) is 44.8 Å². The minimum Gasteiger partial charge on any atom is -0.159 e. The highest BCUT2D eigenvalue weighted by Crippen LogP contribution is 2.25. The zero-order valence-corrected chi connectivity index (χ0v) is 11.2. The molecule has 1 radical (unpaired) electrons. The molecule has 1 aromatic heterocycles. The van der Waals surface area contributed by atoms with Crippen molar-refractivity contribution in [1.29, 1.82) is 0 Å². The summed E-state index contributed by atoms with van der Waals surface area (Å²) in [5, 5.41) is 13.2. The van der Waals surface area contributed by atoms with Crippen molar-refractivity contribution in [2.45, 2.75) is 6.92 Å². The lowest BCUT2D eigenvalue weighted by Gasteiger charge is -2.02. The first-order valence-corrected chi connectivity index (χ1v) is 6.21. The standard InChI is InChI=1S/C12H8IN4/c1-7-11(13)12(17-15-7)9-2-3-10-8(6-9)4-5-14-16-10/h2-6H,1H3. The molecule has 0 fully saturated rings. The number of rotatable bonds is 1. The summed E-state index contributed by atoms with van der Waals surface area (Å²) >= 11 is 2.27. The van der Waals surface area contributed by atoms with Crippen LogP contribution in [0.1, 0.15) is 12.5 Å². The number of halogens is 1. The van der Waals surface area contributed by atoms with Gasteiger partial charge in [-0.2, -0.15) is 15.6 Å². The maximum atomic E-state index is 4.20. The molecule has 0 saturated carbocycles. The van der Waals surface area contributed by atoms with Gasteiger partial charge in [0.15, 0.2) is 0 Å². The van der Waals surface area contributed by atoms with Gasteiger partial charge in [-0.25, -0.2) is 0 Å². The predicted molar refractivity (Wildman–Crippen MR) is 74.9 cm³/mol. The third kappa shape index (κ3) is 1.80. The van der Waals surface area contributed by atoms with Gasteiger partial charge >= 0.3 is 0 Å². The van der Waals surface area contributed by atoms with E-state index in [1.165, 1.54) is 0 Å². The fourth-order valence-corrected chi connectivity index (χ4v) is 2.23. The highest BCUT2D eigenvalue weighted by molar-refractivity contribution is 14.1. The molecule has 0 aliphatic carbocycles. The van der Waals surface area contributed by atoms with Gasteiger partial charge in [0.1, 0.15) is 5.71 Å². The number of allylic oxidation sites excluding steroid dienone is 2. The molecule has 0 unspecified atom stereocenters. The largest absolute Gasteiger partial charge is 0.159 e. The number of fused-ring (bicyclic) bond motifs is 1. The number of aromatic nitrogens is 2. The molecule has 4 nitrogen and oxygen atoms in total. The molecule has 2 heterocycles. The third-order valence-electron chi connectivity index (χ3n) is 2.61. The van der Waals surface area contributed by atoms with Gasteiger partial charge in [0.05, 0.1) is 21.0 Å². The van der Waals surface area contributed by atoms with Crippen molar-refractivity contribution < 1.29 is 0 Å². The van der Waals surface area contributed by atoms with E-state index < -0.39 is 0 Å². The van der Waals surface area contributed by atoms with E-state index in [4.69, 9.17) is 0 Å². The molecule has 0 N–H and O–H groups in total. The Morgan fingerprint density at radius 1 is 1.18 bits per heavy atom. The van der Waals surface area contributed by atoms with E-state index in [1.807, 2.05) is 25.1 Å². The zero-order valence-electron chi connectivity index (χ0n) is 9.05. The topological polar surface area (TPSA) is 52.2 Å². The Labute approximate surface area is 112 Å². The van der Waals surface area contributed by atoms with Gasteiger partial charge in [0.25, 0.3) is 0 Å². The highest BCUT2D eigenvalue weighted by Gasteiger charge is 2.17. The normalized spacial score (nSPS) is 15.1. The van der Waals surface area contributed by atoms with Crippen LogP contribution >= 0.6 is 22.6 Å². The molecule has 0 amide bonds. The van der Waals surface area contributed by atoms with E-state index in [9.17, 15) is 0 Å². The summed E-state index contributed by atoms with van der Waals surface area (Å²) < 4.78 is 1.10. The predicted octanol–water partition coefficient (Wildman–Crippen LogP) is 2.62. The SMILES string of the molecule is CC1=C(I)C(c2ccc3nnccc3c2)=N[N]1. The first kappa shape index (κ1) is 10.6. The van der Waals surface area contributed by atoms with Gasteiger partial charge in [0.2, 0.25) is 0 Å². The Bertz CT molecular complexity index is 660. The molecular weight excluding hydrogens is 327 g/mol. The maximum absolute atomic E-state index is 4.20. The summed E-state index contributed by atoms with van der Waals surface area (Å²) in [4.78, 5) is 0. The van der Waals surface area contributed by atoms with Gasteiger partial charge in [0, 0.05) is 10.9 Å². The van der Waals surface area contributed by atoms with Crippen LogP contribution in [0.25, 0.3) is 10.9 Å². The lowest BCUT2D eigenvalue weighted by Crippen LogP contribution is -1.98. The van der Waals surface area contributed by atoms with E-state index in [1.54, 1.807) is 6.20 Å². The Kier molecular flexibility index (Phi) is 2.54. The summed E-state index contributed by atoms with van der Waals surface area (Å²) in [5.74, 6) is 0. The summed E-state index contributed by atoms with van der Waals surface area (Å²) in [7, 11) is 0. The average Bonchev–Trinajstić information content (AvgIpc) is 2.70. The number of benzene rings is 1. The van der Waals surface area contributed by atoms with Crippen LogP contribution in [0, 0.1) is 0 Å². The molecule has 0 saturated heterocycles. The summed E-state index contributed by atoms with van der Waals surface area (Å²) in [6, 6.07) is 7.97. The van der Waals surface area contributed by atoms with Crippen LogP contribution in [-0.4, -0.2) is 15.9 Å². The third-order valence-corrected chi connectivity index (χ3v) is 3.90. The molecule has 5 heteroatoms. The average molecular weight is 335 g/mol. The Hall–Kier alpha value is -1.50. The maximum Gasteiger partial charge on any atom is 0.108 e. The number of hydrogen-bond donors (Lipinski definition) is 0. The molecule has 83 valence electrons. The van der Waals surface area contributed by atoms with E-state index >= 15 is 0 Å². The molecular formula is C12H8IN4. The Balaban J connectivity index is 2.14. The fraction of sp³-hybridized carbons (Fsp3) is 0.0833. The van der Waals surface area contributed by atoms with Crippen molar-refractivity contribution in [3.8, 4) is 0 Å². The molecule has 2 aromatic rings. The molecule has 0 atom stereocenters. The molecule has 3 rings (SSSR count). The molecule has 1 aliphatic rings. The van der Waals surface area contributed by atoms with Crippen LogP contribution in [0.5, 0.6) is 0 Å². The van der Waals surface area contributed by atoms with Gasteiger partial charge in [-0.1, -0.05) is 6.07 Å². The van der Waals surface area contributed by atoms with Gasteiger partial charge in [-0.05, 0) is 47.7 Å². The smallest absolute Gasteiger partial charge is 0.108 e. The lowest BCUT2D eigenvalue weighted by molar-refractivity contribution is 0.895. The zero-order chi connectivity index (χ0) is 11.8. The van der Waals surface area contributed by atoms with Crippen molar-refractivity contribution in [3.63, 3.8) is 0 Å². The second kappa shape index (κ2) is 4.06. The second-order valence-corrected chi connectivity index (χ2v) is 4.83. The fourth-order valence-electron chi connectivity index (χ4n) is 1.70. The number of nitrogens with zero attached hydrogens (tertiary/aromatic N) is 4. The lowest BCUT2D eigenvalue weighted by atomic mass is 10.1. The van der Waals surface area contributed by atoms with Crippen molar-refractivity contribution in [1.82, 2.24) is 15.6 Å². The van der Waals surface area contributed by atoms with E-state index in [0.29, 0.717) is 0 Å².